The smallest absolute Gasteiger partial charge is 0.479 e. The van der Waals surface area contributed by atoms with E-state index in [9.17, 15) is 57.6 Å². The van der Waals surface area contributed by atoms with Gasteiger partial charge in [-0.1, -0.05) is 18.2 Å². The monoisotopic (exact) mass is 531 g/mol. The molecule has 0 fully saturated rings. The van der Waals surface area contributed by atoms with Crippen LogP contribution in [0.2, 0.25) is 0 Å². The SMILES string of the molecule is O=C(O)C(F)C(C(F)C(=O)O)(C(F)C(=O)O)S(=O)(=O)N(c1ccccc1)S(=O)(=O)C(F)(F)F. The average molecular weight is 531 g/mol. The van der Waals surface area contributed by atoms with Gasteiger partial charge in [-0.25, -0.2) is 36.0 Å². The largest absolute Gasteiger partial charge is 0.517 e. The molecule has 0 aliphatic rings. The molecule has 19 heteroatoms. The summed E-state index contributed by atoms with van der Waals surface area (Å²) in [5.41, 5.74) is -8.24. The van der Waals surface area contributed by atoms with Crippen LogP contribution in [0.25, 0.3) is 0 Å². The highest BCUT2D eigenvalue weighted by atomic mass is 32.3. The van der Waals surface area contributed by atoms with Gasteiger partial charge in [-0.2, -0.15) is 25.3 Å². The summed E-state index contributed by atoms with van der Waals surface area (Å²) in [7, 11) is -14.7. The van der Waals surface area contributed by atoms with Gasteiger partial charge < -0.3 is 15.3 Å². The predicted octanol–water partition coefficient (Wildman–Crippen LogP) is 0.679. The number of para-hydroxylation sites is 1. The van der Waals surface area contributed by atoms with Crippen LogP contribution in [0.3, 0.4) is 0 Å². The molecule has 0 amide bonds. The molecule has 0 aliphatic heterocycles. The van der Waals surface area contributed by atoms with Gasteiger partial charge in [-0.15, -0.1) is 0 Å². The highest BCUT2D eigenvalue weighted by Crippen LogP contribution is 2.44. The van der Waals surface area contributed by atoms with Crippen molar-refractivity contribution in [3.05, 3.63) is 30.3 Å². The van der Waals surface area contributed by atoms with Crippen molar-refractivity contribution < 1.29 is 72.9 Å². The van der Waals surface area contributed by atoms with Crippen LogP contribution in [0.5, 0.6) is 0 Å². The number of carboxylic acid groups (broad SMARTS) is 3. The minimum atomic E-state index is -7.39. The summed E-state index contributed by atoms with van der Waals surface area (Å²) in [6.45, 7) is 0. The molecule has 3 unspecified atom stereocenters. The number of nitrogens with zero attached hydrogens (tertiary/aromatic N) is 1. The van der Waals surface area contributed by atoms with Crippen molar-refractivity contribution in [2.45, 2.75) is 28.8 Å². The van der Waals surface area contributed by atoms with Crippen molar-refractivity contribution in [1.29, 1.82) is 0 Å². The third kappa shape index (κ3) is 4.41. The van der Waals surface area contributed by atoms with Crippen molar-refractivity contribution in [2.75, 3.05) is 3.71 Å². The maximum absolute atomic E-state index is 14.6. The van der Waals surface area contributed by atoms with E-state index in [1.165, 1.54) is 0 Å². The second kappa shape index (κ2) is 9.04. The molecule has 3 atom stereocenters. The van der Waals surface area contributed by atoms with Crippen molar-refractivity contribution in [3.63, 3.8) is 0 Å². The third-order valence-electron chi connectivity index (χ3n) is 3.98. The van der Waals surface area contributed by atoms with Gasteiger partial charge in [0.1, 0.15) is 0 Å². The molecule has 1 aromatic carbocycles. The molecule has 186 valence electrons. The lowest BCUT2D eigenvalue weighted by Gasteiger charge is -2.39. The van der Waals surface area contributed by atoms with Crippen LogP contribution < -0.4 is 3.71 Å². The predicted molar refractivity (Wildman–Crippen MR) is 93.1 cm³/mol. The summed E-state index contributed by atoms with van der Waals surface area (Å²) in [6.07, 6.45) is -14.2. The summed E-state index contributed by atoms with van der Waals surface area (Å²) >= 11 is 0. The first kappa shape index (κ1) is 27.9. The number of hydrogen-bond acceptors (Lipinski definition) is 7. The second-order valence-corrected chi connectivity index (χ2v) is 9.98. The van der Waals surface area contributed by atoms with Crippen LogP contribution in [-0.4, -0.2) is 78.8 Å². The molecule has 0 spiro atoms. The Hall–Kier alpha value is -3.09. The van der Waals surface area contributed by atoms with E-state index in [2.05, 4.69) is 0 Å². The number of sulfonamides is 2. The molecular formula is C14H11F6NO10S2. The summed E-state index contributed by atoms with van der Waals surface area (Å²) in [4.78, 5) is 33.3. The number of hydrogen-bond donors (Lipinski definition) is 3. The van der Waals surface area contributed by atoms with Gasteiger partial charge in [0.25, 0.3) is 10.0 Å². The third-order valence-corrected chi connectivity index (χ3v) is 8.55. The Labute approximate surface area is 179 Å². The Morgan fingerprint density at radius 3 is 1.33 bits per heavy atom. The highest BCUT2D eigenvalue weighted by molar-refractivity contribution is 8.11. The number of halogens is 6. The Bertz CT molecular complexity index is 1090. The van der Waals surface area contributed by atoms with Gasteiger partial charge in [0, 0.05) is 0 Å². The zero-order valence-corrected chi connectivity index (χ0v) is 17.0. The summed E-state index contributed by atoms with van der Waals surface area (Å²) in [5, 5.41) is 26.4. The number of carboxylic acids is 3. The second-order valence-electron chi connectivity index (χ2n) is 5.94. The normalized spacial score (nSPS) is 17.3. The fraction of sp³-hybridized carbons (Fsp3) is 0.357. The van der Waals surface area contributed by atoms with Crippen molar-refractivity contribution >= 4 is 43.6 Å². The Balaban J connectivity index is 4.37. The molecule has 0 saturated heterocycles. The van der Waals surface area contributed by atoms with Crippen molar-refractivity contribution in [2.24, 2.45) is 0 Å². The van der Waals surface area contributed by atoms with E-state index < -0.39 is 76.1 Å². The Morgan fingerprint density at radius 1 is 0.727 bits per heavy atom. The van der Waals surface area contributed by atoms with Gasteiger partial charge in [-0.3, -0.25) is 0 Å². The van der Waals surface area contributed by atoms with Gasteiger partial charge in [0.15, 0.2) is 0 Å². The molecule has 33 heavy (non-hydrogen) atoms. The lowest BCUT2D eigenvalue weighted by Crippen LogP contribution is -2.71. The Kier molecular flexibility index (Phi) is 7.66. The van der Waals surface area contributed by atoms with Crippen LogP contribution in [-0.2, 0) is 34.4 Å². The fourth-order valence-electron chi connectivity index (χ4n) is 2.55. The van der Waals surface area contributed by atoms with E-state index in [-0.39, 0.29) is 12.1 Å². The lowest BCUT2D eigenvalue weighted by molar-refractivity contribution is -0.157. The van der Waals surface area contributed by atoms with E-state index in [1.807, 2.05) is 0 Å². The van der Waals surface area contributed by atoms with Crippen LogP contribution in [0, 0.1) is 0 Å². The number of anilines is 1. The lowest BCUT2D eigenvalue weighted by atomic mass is 9.91. The highest BCUT2D eigenvalue weighted by Gasteiger charge is 2.74. The van der Waals surface area contributed by atoms with E-state index in [0.29, 0.717) is 12.1 Å². The van der Waals surface area contributed by atoms with Crippen molar-refractivity contribution in [1.82, 2.24) is 0 Å². The zero-order chi connectivity index (χ0) is 26.2. The number of aliphatic carboxylic acids is 3. The molecule has 3 N–H and O–H groups in total. The maximum atomic E-state index is 14.6. The van der Waals surface area contributed by atoms with Gasteiger partial charge >= 0.3 is 33.4 Å². The van der Waals surface area contributed by atoms with Crippen LogP contribution in [0.1, 0.15) is 0 Å². The topological polar surface area (TPSA) is 183 Å². The molecular weight excluding hydrogens is 520 g/mol. The molecule has 1 aromatic rings. The van der Waals surface area contributed by atoms with Crippen LogP contribution >= 0.6 is 0 Å². The van der Waals surface area contributed by atoms with E-state index in [1.54, 1.807) is 0 Å². The molecule has 11 nitrogen and oxygen atoms in total. The zero-order valence-electron chi connectivity index (χ0n) is 15.3. The Morgan fingerprint density at radius 2 is 1.06 bits per heavy atom. The van der Waals surface area contributed by atoms with Gasteiger partial charge in [0.05, 0.1) is 5.69 Å². The minimum absolute atomic E-state index is 0.265. The summed E-state index contributed by atoms with van der Waals surface area (Å²) in [6, 6.07) is 2.87. The molecule has 0 saturated carbocycles. The molecule has 0 bridgehead atoms. The summed E-state index contributed by atoms with van der Waals surface area (Å²) in [5.74, 6) is -9.70. The number of carbonyl (C=O) groups is 3. The van der Waals surface area contributed by atoms with E-state index >= 15 is 0 Å². The standard InChI is InChI=1S/C14H11F6NO10S2/c15-7(10(22)23)13(8(16)11(24)25,9(17)12(26)27)32(28,29)21(6-4-2-1-3-5-6)33(30,31)14(18,19)20/h1-5,7-9H,(H,22,23)(H,24,25)(H,26,27). The van der Waals surface area contributed by atoms with Gasteiger partial charge in [-0.05, 0) is 12.1 Å². The first-order chi connectivity index (χ1) is 14.8. The van der Waals surface area contributed by atoms with Crippen LogP contribution in [0.15, 0.2) is 30.3 Å². The number of benzene rings is 1. The number of rotatable bonds is 10. The molecule has 0 aliphatic carbocycles. The first-order valence-electron chi connectivity index (χ1n) is 7.81. The molecule has 1 rings (SSSR count). The number of alkyl halides is 6. The van der Waals surface area contributed by atoms with Gasteiger partial charge in [0.2, 0.25) is 23.3 Å². The molecule has 0 heterocycles. The minimum Gasteiger partial charge on any atom is -0.479 e. The molecule has 0 aromatic heterocycles. The average Bonchev–Trinajstić information content (AvgIpc) is 2.67. The quantitative estimate of drug-likeness (QED) is 0.363. The fourth-order valence-corrected chi connectivity index (χ4v) is 6.59. The first-order valence-corrected chi connectivity index (χ1v) is 10.7. The maximum Gasteiger partial charge on any atom is 0.517 e. The van der Waals surface area contributed by atoms with E-state index in [0.717, 1.165) is 6.07 Å². The molecule has 0 radical (unpaired) electrons. The van der Waals surface area contributed by atoms with Crippen LogP contribution in [0.4, 0.5) is 32.0 Å². The summed E-state index contributed by atoms with van der Waals surface area (Å²) < 4.78 is 126. The van der Waals surface area contributed by atoms with Crippen molar-refractivity contribution in [3.8, 4) is 0 Å². The van der Waals surface area contributed by atoms with E-state index in [4.69, 9.17) is 15.3 Å².